The van der Waals surface area contributed by atoms with Crippen LogP contribution in [0.3, 0.4) is 0 Å². The predicted molar refractivity (Wildman–Crippen MR) is 55.2 cm³/mol. The van der Waals surface area contributed by atoms with E-state index in [1.54, 1.807) is 0 Å². The van der Waals surface area contributed by atoms with E-state index < -0.39 is 18.1 Å². The predicted octanol–water partition coefficient (Wildman–Crippen LogP) is 2.50. The maximum absolute atomic E-state index is 12.0. The van der Waals surface area contributed by atoms with Crippen LogP contribution in [0.4, 0.5) is 13.2 Å². The molecule has 1 rings (SSSR count). The normalized spacial score (nSPS) is 11.5. The van der Waals surface area contributed by atoms with Gasteiger partial charge in [-0.1, -0.05) is 6.07 Å². The fourth-order valence-electron chi connectivity index (χ4n) is 1.15. The Morgan fingerprint density at radius 2 is 2.00 bits per heavy atom. The van der Waals surface area contributed by atoms with Gasteiger partial charge in [-0.3, -0.25) is 4.79 Å². The van der Waals surface area contributed by atoms with Crippen LogP contribution in [0.25, 0.3) is 6.08 Å². The van der Waals surface area contributed by atoms with Gasteiger partial charge in [0.25, 0.3) is 0 Å². The Hall–Kier alpha value is -2.31. The van der Waals surface area contributed by atoms with Crippen LogP contribution < -0.4 is 4.74 Å². The van der Waals surface area contributed by atoms with Crippen LogP contribution >= 0.6 is 0 Å². The largest absolute Gasteiger partial charge is 0.573 e. The highest BCUT2D eigenvalue weighted by Crippen LogP contribution is 2.26. The Balaban J connectivity index is 3.04. The van der Waals surface area contributed by atoms with E-state index in [0.717, 1.165) is 24.3 Å². The lowest BCUT2D eigenvalue weighted by Gasteiger charge is -2.10. The number of halogens is 3. The van der Waals surface area contributed by atoms with E-state index in [-0.39, 0.29) is 17.4 Å². The van der Waals surface area contributed by atoms with Crippen LogP contribution in [0.1, 0.15) is 15.9 Å². The van der Waals surface area contributed by atoms with Crippen LogP contribution in [0, 0.1) is 0 Å². The second-order valence-electron chi connectivity index (χ2n) is 3.13. The SMILES string of the molecule is O=Cc1cc(/C=C/C(=O)O)ccc1OC(F)(F)F. The second-order valence-corrected chi connectivity index (χ2v) is 3.13. The number of hydrogen-bond donors (Lipinski definition) is 1. The van der Waals surface area contributed by atoms with Gasteiger partial charge in [-0.05, 0) is 23.8 Å². The Morgan fingerprint density at radius 1 is 1.33 bits per heavy atom. The van der Waals surface area contributed by atoms with Gasteiger partial charge in [0.1, 0.15) is 5.75 Å². The molecule has 0 saturated carbocycles. The summed E-state index contributed by atoms with van der Waals surface area (Å²) < 4.78 is 39.6. The first kappa shape index (κ1) is 13.8. The molecule has 18 heavy (non-hydrogen) atoms. The maximum Gasteiger partial charge on any atom is 0.573 e. The first-order chi connectivity index (χ1) is 8.31. The molecule has 1 N–H and O–H groups in total. The molecule has 0 aliphatic rings. The van der Waals surface area contributed by atoms with Crippen molar-refractivity contribution in [3.63, 3.8) is 0 Å². The van der Waals surface area contributed by atoms with E-state index in [4.69, 9.17) is 5.11 Å². The van der Waals surface area contributed by atoms with Crippen molar-refractivity contribution in [2.24, 2.45) is 0 Å². The molecular weight excluding hydrogens is 253 g/mol. The summed E-state index contributed by atoms with van der Waals surface area (Å²) in [5.41, 5.74) is -0.0473. The number of alkyl halides is 3. The molecule has 0 spiro atoms. The van der Waals surface area contributed by atoms with Crippen molar-refractivity contribution in [3.05, 3.63) is 35.4 Å². The van der Waals surface area contributed by atoms with Gasteiger partial charge in [0, 0.05) is 6.08 Å². The molecule has 0 fully saturated rings. The van der Waals surface area contributed by atoms with E-state index in [1.807, 2.05) is 0 Å². The van der Waals surface area contributed by atoms with Crippen molar-refractivity contribution < 1.29 is 32.6 Å². The zero-order chi connectivity index (χ0) is 13.8. The average Bonchev–Trinajstić information content (AvgIpc) is 2.25. The van der Waals surface area contributed by atoms with E-state index in [0.29, 0.717) is 0 Å². The molecule has 0 unspecified atom stereocenters. The lowest BCUT2D eigenvalue weighted by atomic mass is 10.1. The zero-order valence-corrected chi connectivity index (χ0v) is 8.77. The molecule has 1 aromatic carbocycles. The Kier molecular flexibility index (Phi) is 4.09. The summed E-state index contributed by atoms with van der Waals surface area (Å²) in [4.78, 5) is 20.9. The van der Waals surface area contributed by atoms with Crippen molar-refractivity contribution in [3.8, 4) is 5.75 Å². The highest BCUT2D eigenvalue weighted by molar-refractivity contribution is 5.86. The molecule has 4 nitrogen and oxygen atoms in total. The molecule has 0 amide bonds. The first-order valence-electron chi connectivity index (χ1n) is 4.58. The number of carboxylic acids is 1. The smallest absolute Gasteiger partial charge is 0.478 e. The lowest BCUT2D eigenvalue weighted by Crippen LogP contribution is -2.18. The number of carbonyl (C=O) groups excluding carboxylic acids is 1. The molecule has 0 radical (unpaired) electrons. The molecule has 0 heterocycles. The highest BCUT2D eigenvalue weighted by Gasteiger charge is 2.32. The van der Waals surface area contributed by atoms with Gasteiger partial charge in [-0.25, -0.2) is 4.79 Å². The van der Waals surface area contributed by atoms with Crippen molar-refractivity contribution in [2.75, 3.05) is 0 Å². The number of ether oxygens (including phenoxy) is 1. The molecule has 0 saturated heterocycles. The summed E-state index contributed by atoms with van der Waals surface area (Å²) in [5.74, 6) is -1.84. The monoisotopic (exact) mass is 260 g/mol. The number of rotatable bonds is 4. The molecule has 0 aromatic heterocycles. The molecule has 0 atom stereocenters. The molecule has 0 aliphatic heterocycles. The maximum atomic E-state index is 12.0. The second kappa shape index (κ2) is 5.35. The summed E-state index contributed by atoms with van der Waals surface area (Å²) in [5, 5.41) is 8.38. The van der Waals surface area contributed by atoms with E-state index in [1.165, 1.54) is 6.07 Å². The molecule has 0 bridgehead atoms. The van der Waals surface area contributed by atoms with Gasteiger partial charge in [0.15, 0.2) is 6.29 Å². The van der Waals surface area contributed by atoms with Crippen molar-refractivity contribution in [1.82, 2.24) is 0 Å². The number of aliphatic carboxylic acids is 1. The van der Waals surface area contributed by atoms with Gasteiger partial charge in [0.05, 0.1) is 5.56 Å². The Bertz CT molecular complexity index is 492. The highest BCUT2D eigenvalue weighted by atomic mass is 19.4. The summed E-state index contributed by atoms with van der Waals surface area (Å²) in [6.45, 7) is 0. The van der Waals surface area contributed by atoms with Gasteiger partial charge in [-0.15, -0.1) is 13.2 Å². The summed E-state index contributed by atoms with van der Waals surface area (Å²) in [7, 11) is 0. The molecular formula is C11H7F3O4. The summed E-state index contributed by atoms with van der Waals surface area (Å²) in [6, 6.07) is 3.24. The fourth-order valence-corrected chi connectivity index (χ4v) is 1.15. The van der Waals surface area contributed by atoms with Gasteiger partial charge < -0.3 is 9.84 Å². The molecule has 7 heteroatoms. The van der Waals surface area contributed by atoms with Gasteiger partial charge in [0.2, 0.25) is 0 Å². The van der Waals surface area contributed by atoms with E-state index in [2.05, 4.69) is 4.74 Å². The van der Waals surface area contributed by atoms with Crippen LogP contribution in [-0.4, -0.2) is 23.7 Å². The third kappa shape index (κ3) is 4.28. The van der Waals surface area contributed by atoms with Gasteiger partial charge in [-0.2, -0.15) is 0 Å². The topological polar surface area (TPSA) is 63.6 Å². The quantitative estimate of drug-likeness (QED) is 0.667. The van der Waals surface area contributed by atoms with E-state index in [9.17, 15) is 22.8 Å². The first-order valence-corrected chi connectivity index (χ1v) is 4.58. The third-order valence-electron chi connectivity index (χ3n) is 1.80. The standard InChI is InChI=1S/C11H7F3O4/c12-11(13,14)18-9-3-1-7(2-4-10(16)17)5-8(9)6-15/h1-6H,(H,16,17)/b4-2+. The number of aldehydes is 1. The van der Waals surface area contributed by atoms with Crippen LogP contribution in [0.2, 0.25) is 0 Å². The minimum Gasteiger partial charge on any atom is -0.478 e. The molecule has 0 aliphatic carbocycles. The number of benzene rings is 1. The Labute approximate surface area is 99.3 Å². The molecule has 96 valence electrons. The van der Waals surface area contributed by atoms with Crippen LogP contribution in [0.15, 0.2) is 24.3 Å². The Morgan fingerprint density at radius 3 is 2.50 bits per heavy atom. The van der Waals surface area contributed by atoms with Crippen LogP contribution in [-0.2, 0) is 4.79 Å². The third-order valence-corrected chi connectivity index (χ3v) is 1.80. The number of carbonyl (C=O) groups is 2. The molecule has 1 aromatic rings. The van der Waals surface area contributed by atoms with Gasteiger partial charge >= 0.3 is 12.3 Å². The van der Waals surface area contributed by atoms with Crippen molar-refractivity contribution in [2.45, 2.75) is 6.36 Å². The fraction of sp³-hybridized carbons (Fsp3) is 0.0909. The summed E-state index contributed by atoms with van der Waals surface area (Å²) >= 11 is 0. The minimum atomic E-state index is -4.89. The lowest BCUT2D eigenvalue weighted by molar-refractivity contribution is -0.274. The van der Waals surface area contributed by atoms with Crippen molar-refractivity contribution in [1.29, 1.82) is 0 Å². The number of hydrogen-bond acceptors (Lipinski definition) is 3. The average molecular weight is 260 g/mol. The summed E-state index contributed by atoms with van der Waals surface area (Å²) in [6.07, 6.45) is -2.75. The van der Waals surface area contributed by atoms with Crippen LogP contribution in [0.5, 0.6) is 5.75 Å². The van der Waals surface area contributed by atoms with Crippen molar-refractivity contribution >= 4 is 18.3 Å². The number of carboxylic acid groups (broad SMARTS) is 1. The zero-order valence-electron chi connectivity index (χ0n) is 8.77. The van der Waals surface area contributed by atoms with E-state index >= 15 is 0 Å². The minimum absolute atomic E-state index is 0.194.